The Bertz CT molecular complexity index is 1270. The summed E-state index contributed by atoms with van der Waals surface area (Å²) in [5.74, 6) is 1.46. The predicted octanol–water partition coefficient (Wildman–Crippen LogP) is 5.73. The molecular formula is C23H20ClFN4O2S. The zero-order valence-corrected chi connectivity index (χ0v) is 18.7. The summed E-state index contributed by atoms with van der Waals surface area (Å²) in [6.07, 6.45) is 0. The Morgan fingerprint density at radius 3 is 2.59 bits per heavy atom. The third kappa shape index (κ3) is 4.61. The summed E-state index contributed by atoms with van der Waals surface area (Å²) in [6, 6.07) is 19.6. The van der Waals surface area contributed by atoms with Gasteiger partial charge in [-0.3, -0.25) is 0 Å². The van der Waals surface area contributed by atoms with E-state index in [4.69, 9.17) is 33.3 Å². The maximum absolute atomic E-state index is 14.1. The van der Waals surface area contributed by atoms with Crippen LogP contribution in [0.15, 0.2) is 66.7 Å². The molecule has 4 aromatic rings. The summed E-state index contributed by atoms with van der Waals surface area (Å²) in [4.78, 5) is 0. The Labute approximate surface area is 194 Å². The summed E-state index contributed by atoms with van der Waals surface area (Å²) in [6.45, 7) is 0.400. The summed E-state index contributed by atoms with van der Waals surface area (Å²) >= 11 is 11.5. The van der Waals surface area contributed by atoms with Gasteiger partial charge in [0, 0.05) is 11.1 Å². The first-order chi connectivity index (χ1) is 15.6. The zero-order valence-electron chi connectivity index (χ0n) is 17.1. The lowest BCUT2D eigenvalue weighted by Crippen LogP contribution is -2.16. The normalized spacial score (nSPS) is 10.7. The van der Waals surface area contributed by atoms with Crippen molar-refractivity contribution in [3.05, 3.63) is 93.5 Å². The van der Waals surface area contributed by atoms with Crippen molar-refractivity contribution in [1.29, 1.82) is 0 Å². The molecule has 0 unspecified atom stereocenters. The van der Waals surface area contributed by atoms with Gasteiger partial charge in [-0.05, 0) is 42.5 Å². The van der Waals surface area contributed by atoms with E-state index in [2.05, 4.69) is 15.6 Å². The molecule has 1 heterocycles. The van der Waals surface area contributed by atoms with Crippen LogP contribution in [0.2, 0.25) is 5.02 Å². The number of hydrogen-bond acceptors (Lipinski definition) is 5. The van der Waals surface area contributed by atoms with Gasteiger partial charge < -0.3 is 14.9 Å². The molecule has 0 atom stereocenters. The van der Waals surface area contributed by atoms with Crippen LogP contribution in [0.5, 0.6) is 11.5 Å². The smallest absolute Gasteiger partial charge is 0.214 e. The van der Waals surface area contributed by atoms with Crippen LogP contribution in [0.3, 0.4) is 0 Å². The number of para-hydroxylation sites is 2. The maximum atomic E-state index is 14.1. The van der Waals surface area contributed by atoms with E-state index < -0.39 is 5.82 Å². The highest BCUT2D eigenvalue weighted by atomic mass is 35.5. The molecule has 4 rings (SSSR count). The largest absolute Gasteiger partial charge is 0.496 e. The number of halogens is 2. The van der Waals surface area contributed by atoms with E-state index >= 15 is 0 Å². The third-order valence-electron chi connectivity index (χ3n) is 4.85. The molecule has 0 saturated carbocycles. The molecule has 0 bridgehead atoms. The molecule has 0 amide bonds. The minimum atomic E-state index is -0.403. The quantitative estimate of drug-likeness (QED) is 0.322. The molecule has 0 fully saturated rings. The van der Waals surface area contributed by atoms with Crippen LogP contribution in [0.25, 0.3) is 11.4 Å². The van der Waals surface area contributed by atoms with Crippen LogP contribution < -0.4 is 14.9 Å². The second kappa shape index (κ2) is 9.84. The first kappa shape index (κ1) is 21.9. The number of ether oxygens (including phenoxy) is 2. The van der Waals surface area contributed by atoms with Crippen molar-refractivity contribution in [2.75, 3.05) is 12.5 Å². The molecule has 9 heteroatoms. The number of methoxy groups -OCH3 is 1. The van der Waals surface area contributed by atoms with Crippen molar-refractivity contribution < 1.29 is 13.9 Å². The van der Waals surface area contributed by atoms with Crippen LogP contribution in [0.4, 0.5) is 4.39 Å². The Balaban J connectivity index is 1.55. The van der Waals surface area contributed by atoms with Crippen LogP contribution >= 0.6 is 23.8 Å². The van der Waals surface area contributed by atoms with Crippen molar-refractivity contribution in [2.45, 2.75) is 13.2 Å². The molecule has 6 nitrogen and oxygen atoms in total. The number of hydrogen-bond donors (Lipinski definition) is 2. The van der Waals surface area contributed by atoms with Crippen LogP contribution in [-0.4, -0.2) is 22.0 Å². The van der Waals surface area contributed by atoms with Gasteiger partial charge in [0.05, 0.1) is 24.2 Å². The summed E-state index contributed by atoms with van der Waals surface area (Å²) < 4.78 is 27.5. The number of nitrogens with zero attached hydrogens (tertiary/aromatic N) is 2. The minimum absolute atomic E-state index is 0.0140. The van der Waals surface area contributed by atoms with Crippen molar-refractivity contribution >= 4 is 23.8 Å². The van der Waals surface area contributed by atoms with Crippen LogP contribution in [0.1, 0.15) is 11.1 Å². The molecule has 2 N–H and O–H groups in total. The van der Waals surface area contributed by atoms with E-state index in [1.807, 2.05) is 48.5 Å². The van der Waals surface area contributed by atoms with E-state index in [0.717, 1.165) is 11.1 Å². The van der Waals surface area contributed by atoms with Crippen molar-refractivity contribution in [3.63, 3.8) is 0 Å². The molecule has 0 radical (unpaired) electrons. The number of nitrogens with one attached hydrogen (secondary N) is 2. The van der Waals surface area contributed by atoms with Crippen LogP contribution in [0, 0.1) is 10.6 Å². The number of benzene rings is 3. The van der Waals surface area contributed by atoms with Gasteiger partial charge >= 0.3 is 0 Å². The Morgan fingerprint density at radius 1 is 1.06 bits per heavy atom. The van der Waals surface area contributed by atoms with Crippen molar-refractivity contribution in [2.24, 2.45) is 0 Å². The first-order valence-corrected chi connectivity index (χ1v) is 10.6. The van der Waals surface area contributed by atoms with Gasteiger partial charge in [0.25, 0.3) is 0 Å². The second-order valence-corrected chi connectivity index (χ2v) is 7.61. The fourth-order valence-electron chi connectivity index (χ4n) is 3.23. The molecule has 164 valence electrons. The lowest BCUT2D eigenvalue weighted by atomic mass is 10.2. The number of aromatic amines is 1. The van der Waals surface area contributed by atoms with Gasteiger partial charge in [0.15, 0.2) is 5.82 Å². The highest BCUT2D eigenvalue weighted by molar-refractivity contribution is 7.71. The lowest BCUT2D eigenvalue weighted by molar-refractivity contribution is 0.297. The Kier molecular flexibility index (Phi) is 6.72. The zero-order chi connectivity index (χ0) is 22.5. The average Bonchev–Trinajstić information content (AvgIpc) is 3.18. The summed E-state index contributed by atoms with van der Waals surface area (Å²) in [5, 5.41) is 7.47. The fourth-order valence-corrected chi connectivity index (χ4v) is 3.64. The summed E-state index contributed by atoms with van der Waals surface area (Å²) in [5.41, 5.74) is 5.23. The third-order valence-corrected chi connectivity index (χ3v) is 5.48. The van der Waals surface area contributed by atoms with E-state index in [1.54, 1.807) is 23.9 Å². The predicted molar refractivity (Wildman–Crippen MR) is 125 cm³/mol. The standard InChI is InChI=1S/C23H20ClFN4O2S/c1-30-21-12-5-3-8-16(21)22-27-28-23(32)29(22)26-13-15-7-2-4-11-20(15)31-14-17-18(24)9-6-10-19(17)25/h2-12,26H,13-14H2,1H3,(H,28,32). The lowest BCUT2D eigenvalue weighted by Gasteiger charge is -2.15. The molecule has 0 saturated heterocycles. The van der Waals surface area contributed by atoms with Gasteiger partial charge in [-0.2, -0.15) is 5.10 Å². The van der Waals surface area contributed by atoms with Gasteiger partial charge in [-0.1, -0.05) is 48.0 Å². The number of aromatic nitrogens is 3. The number of rotatable bonds is 8. The van der Waals surface area contributed by atoms with Gasteiger partial charge in [-0.25, -0.2) is 14.2 Å². The molecule has 0 aliphatic rings. The van der Waals surface area contributed by atoms with Gasteiger partial charge in [0.1, 0.15) is 23.9 Å². The van der Waals surface area contributed by atoms with E-state index in [9.17, 15) is 4.39 Å². The molecule has 0 spiro atoms. The van der Waals surface area contributed by atoms with Crippen molar-refractivity contribution in [3.8, 4) is 22.9 Å². The Hall–Kier alpha value is -3.36. The average molecular weight is 471 g/mol. The molecule has 3 aromatic carbocycles. The monoisotopic (exact) mass is 470 g/mol. The van der Waals surface area contributed by atoms with E-state index in [-0.39, 0.29) is 6.61 Å². The summed E-state index contributed by atoms with van der Waals surface area (Å²) in [7, 11) is 1.60. The SMILES string of the molecule is COc1ccccc1-c1n[nH]c(=S)n1NCc1ccccc1OCc1c(F)cccc1Cl. The van der Waals surface area contributed by atoms with E-state index in [1.165, 1.54) is 6.07 Å². The molecule has 0 aliphatic carbocycles. The highest BCUT2D eigenvalue weighted by Gasteiger charge is 2.14. The van der Waals surface area contributed by atoms with E-state index in [0.29, 0.717) is 39.2 Å². The molecule has 32 heavy (non-hydrogen) atoms. The van der Waals surface area contributed by atoms with Crippen molar-refractivity contribution in [1.82, 2.24) is 14.9 Å². The highest BCUT2D eigenvalue weighted by Crippen LogP contribution is 2.28. The first-order valence-electron chi connectivity index (χ1n) is 9.76. The molecule has 1 aromatic heterocycles. The minimum Gasteiger partial charge on any atom is -0.496 e. The maximum Gasteiger partial charge on any atom is 0.214 e. The fraction of sp³-hybridized carbons (Fsp3) is 0.130. The van der Waals surface area contributed by atoms with Crippen LogP contribution in [-0.2, 0) is 13.2 Å². The Morgan fingerprint density at radius 2 is 1.81 bits per heavy atom. The van der Waals surface area contributed by atoms with Gasteiger partial charge in [0.2, 0.25) is 4.77 Å². The number of H-pyrrole nitrogens is 1. The second-order valence-electron chi connectivity index (χ2n) is 6.82. The molecule has 0 aliphatic heterocycles. The van der Waals surface area contributed by atoms with Gasteiger partial charge in [-0.15, -0.1) is 0 Å². The molecular weight excluding hydrogens is 451 g/mol. The topological polar surface area (TPSA) is 64.1 Å².